The molecule has 0 saturated heterocycles. The Hall–Kier alpha value is -2.73. The fourth-order valence-electron chi connectivity index (χ4n) is 3.58. The van der Waals surface area contributed by atoms with Gasteiger partial charge in [0.1, 0.15) is 12.4 Å². The Balaban J connectivity index is 1.35. The molecule has 2 atom stereocenters. The third-order valence-electron chi connectivity index (χ3n) is 5.03. The first-order valence-electron chi connectivity index (χ1n) is 9.35. The van der Waals surface area contributed by atoms with E-state index in [2.05, 4.69) is 5.32 Å². The van der Waals surface area contributed by atoms with E-state index in [0.29, 0.717) is 18.1 Å². The summed E-state index contributed by atoms with van der Waals surface area (Å²) in [6.07, 6.45) is 3.70. The van der Waals surface area contributed by atoms with Crippen LogP contribution in [0.25, 0.3) is 0 Å². The lowest BCUT2D eigenvalue weighted by Gasteiger charge is -2.25. The molecule has 1 amide bonds. The van der Waals surface area contributed by atoms with Crippen LogP contribution in [0, 0.1) is 5.92 Å². The van der Waals surface area contributed by atoms with Crippen LogP contribution < -0.4 is 25.3 Å². The van der Waals surface area contributed by atoms with Gasteiger partial charge < -0.3 is 25.3 Å². The van der Waals surface area contributed by atoms with Crippen LogP contribution in [0.15, 0.2) is 42.5 Å². The van der Waals surface area contributed by atoms with Crippen molar-refractivity contribution in [1.82, 2.24) is 0 Å². The molecular weight excluding hydrogens is 344 g/mol. The lowest BCUT2D eigenvalue weighted by Crippen LogP contribution is -2.34. The first kappa shape index (κ1) is 17.7. The molecule has 27 heavy (non-hydrogen) atoms. The van der Waals surface area contributed by atoms with Crippen LogP contribution in [-0.2, 0) is 11.4 Å². The molecule has 1 aliphatic carbocycles. The van der Waals surface area contributed by atoms with Gasteiger partial charge in [-0.15, -0.1) is 0 Å². The minimum atomic E-state index is 0.00212. The SMILES string of the molecule is NC1CCCC(C(=O)Nc2cccc(COc3ccc4c(c3)OCO4)c2)C1. The molecule has 2 unspecified atom stereocenters. The fourth-order valence-corrected chi connectivity index (χ4v) is 3.58. The first-order valence-corrected chi connectivity index (χ1v) is 9.35. The number of carbonyl (C=O) groups excluding carboxylic acids is 1. The summed E-state index contributed by atoms with van der Waals surface area (Å²) < 4.78 is 16.5. The number of carbonyl (C=O) groups is 1. The Labute approximate surface area is 158 Å². The van der Waals surface area contributed by atoms with E-state index in [1.54, 1.807) is 0 Å². The highest BCUT2D eigenvalue weighted by atomic mass is 16.7. The highest BCUT2D eigenvalue weighted by Gasteiger charge is 2.25. The van der Waals surface area contributed by atoms with Crippen molar-refractivity contribution in [3.05, 3.63) is 48.0 Å². The van der Waals surface area contributed by atoms with Gasteiger partial charge in [0, 0.05) is 23.7 Å². The van der Waals surface area contributed by atoms with Crippen molar-refractivity contribution < 1.29 is 19.0 Å². The summed E-state index contributed by atoms with van der Waals surface area (Å²) in [5.74, 6) is 2.19. The summed E-state index contributed by atoms with van der Waals surface area (Å²) >= 11 is 0. The molecule has 2 aromatic rings. The molecule has 3 N–H and O–H groups in total. The molecule has 4 rings (SSSR count). The number of rotatable bonds is 5. The molecule has 1 aliphatic heterocycles. The van der Waals surface area contributed by atoms with Crippen LogP contribution in [0.2, 0.25) is 0 Å². The fraction of sp³-hybridized carbons (Fsp3) is 0.381. The number of amides is 1. The van der Waals surface area contributed by atoms with Crippen molar-refractivity contribution in [2.24, 2.45) is 11.7 Å². The molecule has 1 heterocycles. The number of hydrogen-bond acceptors (Lipinski definition) is 5. The number of hydrogen-bond donors (Lipinski definition) is 2. The van der Waals surface area contributed by atoms with Crippen LogP contribution in [0.4, 0.5) is 5.69 Å². The maximum Gasteiger partial charge on any atom is 0.231 e. The molecule has 0 bridgehead atoms. The van der Waals surface area contributed by atoms with Crippen LogP contribution in [0.1, 0.15) is 31.2 Å². The quantitative estimate of drug-likeness (QED) is 0.845. The molecule has 0 radical (unpaired) electrons. The van der Waals surface area contributed by atoms with Crippen molar-refractivity contribution in [1.29, 1.82) is 0 Å². The van der Waals surface area contributed by atoms with Gasteiger partial charge in [0.2, 0.25) is 12.7 Å². The summed E-state index contributed by atoms with van der Waals surface area (Å²) in [5.41, 5.74) is 7.76. The third kappa shape index (κ3) is 4.34. The van der Waals surface area contributed by atoms with Gasteiger partial charge in [0.15, 0.2) is 11.5 Å². The molecule has 6 nitrogen and oxygen atoms in total. The average Bonchev–Trinajstić information content (AvgIpc) is 3.14. The van der Waals surface area contributed by atoms with E-state index in [9.17, 15) is 4.79 Å². The second-order valence-corrected chi connectivity index (χ2v) is 7.12. The third-order valence-corrected chi connectivity index (χ3v) is 5.03. The topological polar surface area (TPSA) is 82.8 Å². The molecule has 6 heteroatoms. The lowest BCUT2D eigenvalue weighted by molar-refractivity contribution is -0.120. The van der Waals surface area contributed by atoms with Crippen molar-refractivity contribution in [3.63, 3.8) is 0 Å². The van der Waals surface area contributed by atoms with Crippen LogP contribution >= 0.6 is 0 Å². The monoisotopic (exact) mass is 368 g/mol. The summed E-state index contributed by atoms with van der Waals surface area (Å²) in [7, 11) is 0. The molecular formula is C21H24N2O4. The molecule has 2 aliphatic rings. The second-order valence-electron chi connectivity index (χ2n) is 7.12. The van der Waals surface area contributed by atoms with Gasteiger partial charge in [0.05, 0.1) is 0 Å². The molecule has 1 fully saturated rings. The summed E-state index contributed by atoms with van der Waals surface area (Å²) in [6, 6.07) is 13.4. The van der Waals surface area contributed by atoms with E-state index in [-0.39, 0.29) is 24.7 Å². The van der Waals surface area contributed by atoms with E-state index in [1.807, 2.05) is 42.5 Å². The van der Waals surface area contributed by atoms with Gasteiger partial charge in [-0.2, -0.15) is 0 Å². The van der Waals surface area contributed by atoms with E-state index in [1.165, 1.54) is 0 Å². The van der Waals surface area contributed by atoms with Gasteiger partial charge in [-0.3, -0.25) is 4.79 Å². The number of benzene rings is 2. The summed E-state index contributed by atoms with van der Waals surface area (Å²) in [6.45, 7) is 0.643. The lowest BCUT2D eigenvalue weighted by atomic mass is 9.85. The predicted molar refractivity (Wildman–Crippen MR) is 102 cm³/mol. The van der Waals surface area contributed by atoms with Gasteiger partial charge in [-0.25, -0.2) is 0 Å². The average molecular weight is 368 g/mol. The van der Waals surface area contributed by atoms with Gasteiger partial charge in [0.25, 0.3) is 0 Å². The van der Waals surface area contributed by atoms with E-state index in [4.69, 9.17) is 19.9 Å². The molecule has 142 valence electrons. The Morgan fingerprint density at radius 1 is 1.15 bits per heavy atom. The zero-order valence-corrected chi connectivity index (χ0v) is 15.1. The van der Waals surface area contributed by atoms with Gasteiger partial charge in [-0.05, 0) is 49.1 Å². The van der Waals surface area contributed by atoms with E-state index < -0.39 is 0 Å². The largest absolute Gasteiger partial charge is 0.489 e. The molecule has 1 saturated carbocycles. The minimum absolute atomic E-state index is 0.00212. The predicted octanol–water partition coefficient (Wildman–Crippen LogP) is 3.45. The number of ether oxygens (including phenoxy) is 3. The standard InChI is InChI=1S/C21H24N2O4/c22-16-5-2-4-15(10-16)21(24)23-17-6-1-3-14(9-17)12-25-18-7-8-19-20(11-18)27-13-26-19/h1,3,6-9,11,15-16H,2,4-5,10,12-13,22H2,(H,23,24). The van der Waals surface area contributed by atoms with Crippen molar-refractivity contribution in [3.8, 4) is 17.2 Å². The summed E-state index contributed by atoms with van der Waals surface area (Å²) in [5, 5.41) is 3.02. The highest BCUT2D eigenvalue weighted by Crippen LogP contribution is 2.35. The van der Waals surface area contributed by atoms with Crippen LogP contribution in [0.3, 0.4) is 0 Å². The maximum atomic E-state index is 12.5. The minimum Gasteiger partial charge on any atom is -0.489 e. The smallest absolute Gasteiger partial charge is 0.231 e. The van der Waals surface area contributed by atoms with Gasteiger partial charge in [-0.1, -0.05) is 18.6 Å². The van der Waals surface area contributed by atoms with Crippen LogP contribution in [-0.4, -0.2) is 18.7 Å². The Kier molecular flexibility index (Phi) is 5.16. The number of anilines is 1. The maximum absolute atomic E-state index is 12.5. The van der Waals surface area contributed by atoms with Crippen molar-refractivity contribution >= 4 is 11.6 Å². The second kappa shape index (κ2) is 7.88. The Morgan fingerprint density at radius 2 is 2.04 bits per heavy atom. The number of nitrogens with one attached hydrogen (secondary N) is 1. The van der Waals surface area contributed by atoms with Gasteiger partial charge >= 0.3 is 0 Å². The summed E-state index contributed by atoms with van der Waals surface area (Å²) in [4.78, 5) is 12.5. The molecule has 0 aromatic heterocycles. The number of nitrogens with two attached hydrogens (primary N) is 1. The van der Waals surface area contributed by atoms with Crippen LogP contribution in [0.5, 0.6) is 17.2 Å². The zero-order chi connectivity index (χ0) is 18.6. The zero-order valence-electron chi connectivity index (χ0n) is 15.1. The van der Waals surface area contributed by atoms with Crippen molar-refractivity contribution in [2.45, 2.75) is 38.3 Å². The highest BCUT2D eigenvalue weighted by molar-refractivity contribution is 5.92. The first-order chi connectivity index (χ1) is 13.2. The van der Waals surface area contributed by atoms with E-state index >= 15 is 0 Å². The van der Waals surface area contributed by atoms with Crippen molar-refractivity contribution in [2.75, 3.05) is 12.1 Å². The number of fused-ring (bicyclic) bond motifs is 1. The Morgan fingerprint density at radius 3 is 2.93 bits per heavy atom. The van der Waals surface area contributed by atoms with E-state index in [0.717, 1.165) is 42.7 Å². The Bertz CT molecular complexity index is 824. The molecule has 0 spiro atoms. The molecule has 2 aromatic carbocycles. The normalized spacial score (nSPS) is 20.9.